The quantitative estimate of drug-likeness (QED) is 0.835. The van der Waals surface area contributed by atoms with Crippen molar-refractivity contribution in [2.24, 2.45) is 0 Å². The van der Waals surface area contributed by atoms with E-state index in [2.05, 4.69) is 52.1 Å². The molecule has 20 heavy (non-hydrogen) atoms. The SMILES string of the molecule is Cc1cncc(N2CCCC(C)(c3ccccc3)C2)n1. The maximum Gasteiger partial charge on any atom is 0.147 e. The molecule has 1 atom stereocenters. The molecule has 1 aromatic heterocycles. The smallest absolute Gasteiger partial charge is 0.147 e. The van der Waals surface area contributed by atoms with Gasteiger partial charge in [0.15, 0.2) is 0 Å². The lowest BCUT2D eigenvalue weighted by atomic mass is 9.76. The Morgan fingerprint density at radius 2 is 1.95 bits per heavy atom. The highest BCUT2D eigenvalue weighted by atomic mass is 15.2. The average molecular weight is 267 g/mol. The van der Waals surface area contributed by atoms with Gasteiger partial charge in [-0.1, -0.05) is 37.3 Å². The molecule has 1 saturated heterocycles. The zero-order chi connectivity index (χ0) is 14.0. The van der Waals surface area contributed by atoms with Crippen molar-refractivity contribution >= 4 is 5.82 Å². The fraction of sp³-hybridized carbons (Fsp3) is 0.412. The molecule has 3 rings (SSSR count). The van der Waals surface area contributed by atoms with Crippen molar-refractivity contribution in [3.05, 3.63) is 54.0 Å². The van der Waals surface area contributed by atoms with Crippen molar-refractivity contribution in [1.82, 2.24) is 9.97 Å². The third-order valence-corrected chi connectivity index (χ3v) is 4.23. The first-order chi connectivity index (χ1) is 9.67. The molecular weight excluding hydrogens is 246 g/mol. The molecule has 2 aromatic rings. The molecule has 2 heterocycles. The minimum Gasteiger partial charge on any atom is -0.354 e. The van der Waals surface area contributed by atoms with Crippen LogP contribution in [0.5, 0.6) is 0 Å². The molecule has 0 N–H and O–H groups in total. The van der Waals surface area contributed by atoms with Crippen molar-refractivity contribution in [3.8, 4) is 0 Å². The molecule has 0 spiro atoms. The van der Waals surface area contributed by atoms with Crippen LogP contribution in [0.3, 0.4) is 0 Å². The van der Waals surface area contributed by atoms with E-state index < -0.39 is 0 Å². The molecule has 1 fully saturated rings. The minimum absolute atomic E-state index is 0.199. The van der Waals surface area contributed by atoms with E-state index >= 15 is 0 Å². The van der Waals surface area contributed by atoms with Crippen LogP contribution < -0.4 is 4.90 Å². The van der Waals surface area contributed by atoms with E-state index in [-0.39, 0.29) is 5.41 Å². The van der Waals surface area contributed by atoms with Gasteiger partial charge in [0.05, 0.1) is 11.9 Å². The Morgan fingerprint density at radius 3 is 2.70 bits per heavy atom. The highest BCUT2D eigenvalue weighted by Gasteiger charge is 2.33. The molecule has 1 aliphatic heterocycles. The molecular formula is C17H21N3. The van der Waals surface area contributed by atoms with Gasteiger partial charge >= 0.3 is 0 Å². The molecule has 0 saturated carbocycles. The number of rotatable bonds is 2. The fourth-order valence-corrected chi connectivity index (χ4v) is 3.11. The van der Waals surface area contributed by atoms with E-state index in [4.69, 9.17) is 0 Å². The van der Waals surface area contributed by atoms with E-state index in [1.165, 1.54) is 18.4 Å². The Morgan fingerprint density at radius 1 is 1.15 bits per heavy atom. The number of piperidine rings is 1. The second kappa shape index (κ2) is 5.23. The molecule has 0 aliphatic carbocycles. The third kappa shape index (κ3) is 2.53. The summed E-state index contributed by atoms with van der Waals surface area (Å²) in [5, 5.41) is 0. The third-order valence-electron chi connectivity index (χ3n) is 4.23. The Hall–Kier alpha value is -1.90. The van der Waals surface area contributed by atoms with Crippen molar-refractivity contribution < 1.29 is 0 Å². The van der Waals surface area contributed by atoms with E-state index in [0.717, 1.165) is 24.6 Å². The number of hydrogen-bond acceptors (Lipinski definition) is 3. The summed E-state index contributed by atoms with van der Waals surface area (Å²) in [5.74, 6) is 1.01. The summed E-state index contributed by atoms with van der Waals surface area (Å²) in [5.41, 5.74) is 2.60. The lowest BCUT2D eigenvalue weighted by molar-refractivity contribution is 0.371. The minimum atomic E-state index is 0.199. The van der Waals surface area contributed by atoms with Gasteiger partial charge in [0.2, 0.25) is 0 Å². The Labute approximate surface area is 120 Å². The number of benzene rings is 1. The number of hydrogen-bond donors (Lipinski definition) is 0. The number of aromatic nitrogens is 2. The van der Waals surface area contributed by atoms with Crippen LogP contribution in [-0.4, -0.2) is 23.1 Å². The van der Waals surface area contributed by atoms with Gasteiger partial charge in [-0.15, -0.1) is 0 Å². The lowest BCUT2D eigenvalue weighted by Gasteiger charge is -2.41. The first kappa shape index (κ1) is 13.1. The van der Waals surface area contributed by atoms with Crippen LogP contribution >= 0.6 is 0 Å². The summed E-state index contributed by atoms with van der Waals surface area (Å²) in [6.07, 6.45) is 6.11. The molecule has 1 unspecified atom stereocenters. The van der Waals surface area contributed by atoms with Gasteiger partial charge in [-0.3, -0.25) is 4.98 Å². The molecule has 0 bridgehead atoms. The van der Waals surface area contributed by atoms with E-state index in [1.54, 1.807) is 0 Å². The first-order valence-electron chi connectivity index (χ1n) is 7.26. The number of aryl methyl sites for hydroxylation is 1. The van der Waals surface area contributed by atoms with E-state index in [9.17, 15) is 0 Å². The van der Waals surface area contributed by atoms with Crippen LogP contribution in [0.1, 0.15) is 31.0 Å². The van der Waals surface area contributed by atoms with Crippen LogP contribution in [0, 0.1) is 6.92 Å². The molecule has 1 aromatic carbocycles. The van der Waals surface area contributed by atoms with Gasteiger partial charge in [0.1, 0.15) is 5.82 Å². The largest absolute Gasteiger partial charge is 0.354 e. The number of anilines is 1. The van der Waals surface area contributed by atoms with Crippen molar-refractivity contribution in [1.29, 1.82) is 0 Å². The zero-order valence-corrected chi connectivity index (χ0v) is 12.2. The standard InChI is InChI=1S/C17H21N3/c1-14-11-18-12-16(19-14)20-10-6-9-17(2,13-20)15-7-4-3-5-8-15/h3-5,7-8,11-12H,6,9-10,13H2,1-2H3. The van der Waals surface area contributed by atoms with Crippen LogP contribution in [0.25, 0.3) is 0 Å². The predicted octanol–water partition coefficient (Wildman–Crippen LogP) is 3.34. The van der Waals surface area contributed by atoms with Crippen LogP contribution in [-0.2, 0) is 5.41 Å². The van der Waals surface area contributed by atoms with Crippen molar-refractivity contribution in [2.75, 3.05) is 18.0 Å². The summed E-state index contributed by atoms with van der Waals surface area (Å²) in [6.45, 7) is 6.43. The fourth-order valence-electron chi connectivity index (χ4n) is 3.11. The van der Waals surface area contributed by atoms with Gasteiger partial charge in [0.25, 0.3) is 0 Å². The molecule has 104 valence electrons. The maximum absolute atomic E-state index is 4.62. The molecule has 0 radical (unpaired) electrons. The van der Waals surface area contributed by atoms with Crippen LogP contribution in [0.2, 0.25) is 0 Å². The second-order valence-corrected chi connectivity index (χ2v) is 5.97. The second-order valence-electron chi connectivity index (χ2n) is 5.97. The first-order valence-corrected chi connectivity index (χ1v) is 7.26. The van der Waals surface area contributed by atoms with E-state index in [0.29, 0.717) is 0 Å². The summed E-state index contributed by atoms with van der Waals surface area (Å²) in [6, 6.07) is 10.8. The Balaban J connectivity index is 1.87. The Bertz CT molecular complexity index is 582. The molecule has 3 heteroatoms. The van der Waals surface area contributed by atoms with Gasteiger partial charge < -0.3 is 4.90 Å². The molecule has 0 amide bonds. The topological polar surface area (TPSA) is 29.0 Å². The van der Waals surface area contributed by atoms with Crippen LogP contribution in [0.15, 0.2) is 42.7 Å². The molecule has 1 aliphatic rings. The summed E-state index contributed by atoms with van der Waals surface area (Å²) < 4.78 is 0. The van der Waals surface area contributed by atoms with Gasteiger partial charge in [-0.25, -0.2) is 4.98 Å². The predicted molar refractivity (Wildman–Crippen MR) is 82.0 cm³/mol. The van der Waals surface area contributed by atoms with Crippen LogP contribution in [0.4, 0.5) is 5.82 Å². The Kier molecular flexibility index (Phi) is 3.43. The highest BCUT2D eigenvalue weighted by Crippen LogP contribution is 2.34. The monoisotopic (exact) mass is 267 g/mol. The maximum atomic E-state index is 4.62. The summed E-state index contributed by atoms with van der Waals surface area (Å²) >= 11 is 0. The normalized spacial score (nSPS) is 22.8. The van der Waals surface area contributed by atoms with Crippen molar-refractivity contribution in [3.63, 3.8) is 0 Å². The number of nitrogens with zero attached hydrogens (tertiary/aromatic N) is 3. The zero-order valence-electron chi connectivity index (χ0n) is 12.2. The summed E-state index contributed by atoms with van der Waals surface area (Å²) in [4.78, 5) is 11.3. The van der Waals surface area contributed by atoms with Gasteiger partial charge in [-0.2, -0.15) is 0 Å². The summed E-state index contributed by atoms with van der Waals surface area (Å²) in [7, 11) is 0. The van der Waals surface area contributed by atoms with Crippen molar-refractivity contribution in [2.45, 2.75) is 32.1 Å². The van der Waals surface area contributed by atoms with E-state index in [1.807, 2.05) is 19.3 Å². The highest BCUT2D eigenvalue weighted by molar-refractivity contribution is 5.40. The average Bonchev–Trinajstić information content (AvgIpc) is 2.48. The lowest BCUT2D eigenvalue weighted by Crippen LogP contribution is -2.44. The molecule has 3 nitrogen and oxygen atoms in total. The van der Waals surface area contributed by atoms with Gasteiger partial charge in [0, 0.05) is 24.7 Å². The van der Waals surface area contributed by atoms with Gasteiger partial charge in [-0.05, 0) is 25.3 Å².